The summed E-state index contributed by atoms with van der Waals surface area (Å²) < 4.78 is 0. The van der Waals surface area contributed by atoms with Crippen LogP contribution in [0.2, 0.25) is 0 Å². The minimum atomic E-state index is -0.943. The van der Waals surface area contributed by atoms with Gasteiger partial charge in [0.15, 0.2) is 0 Å². The maximum absolute atomic E-state index is 12.1. The maximum Gasteiger partial charge on any atom is 0.327 e. The van der Waals surface area contributed by atoms with Crippen LogP contribution in [-0.4, -0.2) is 44.0 Å². The highest BCUT2D eigenvalue weighted by atomic mass is 32.2. The average Bonchev–Trinajstić information content (AvgIpc) is 2.72. The lowest BCUT2D eigenvalue weighted by Gasteiger charge is -2.24. The third-order valence-electron chi connectivity index (χ3n) is 2.85. The van der Waals surface area contributed by atoms with Crippen molar-refractivity contribution in [2.24, 2.45) is 0 Å². The largest absolute Gasteiger partial charge is 0.480 e. The molecule has 1 aromatic heterocycles. The van der Waals surface area contributed by atoms with Crippen LogP contribution in [0.5, 0.6) is 0 Å². The Labute approximate surface area is 109 Å². The van der Waals surface area contributed by atoms with Crippen molar-refractivity contribution in [3.8, 4) is 0 Å². The average molecular weight is 266 g/mol. The molecule has 96 valence electrons. The number of aromatic nitrogens is 1. The van der Waals surface area contributed by atoms with E-state index in [4.69, 9.17) is 5.11 Å². The van der Waals surface area contributed by atoms with Crippen LogP contribution in [0.15, 0.2) is 24.4 Å². The predicted molar refractivity (Wildman–Crippen MR) is 68.1 cm³/mol. The van der Waals surface area contributed by atoms with Crippen molar-refractivity contribution >= 4 is 23.6 Å². The molecular weight excluding hydrogens is 252 g/mol. The minimum Gasteiger partial charge on any atom is -0.480 e. The van der Waals surface area contributed by atoms with Crippen molar-refractivity contribution in [3.63, 3.8) is 0 Å². The zero-order valence-electron chi connectivity index (χ0n) is 9.94. The number of carbonyl (C=O) groups excluding carboxylic acids is 1. The Balaban J connectivity index is 2.10. The molecular formula is C12H14N2O3S. The second kappa shape index (κ2) is 5.39. The zero-order chi connectivity index (χ0) is 13.1. The van der Waals surface area contributed by atoms with Crippen molar-refractivity contribution in [1.82, 2.24) is 9.88 Å². The van der Waals surface area contributed by atoms with E-state index in [0.717, 1.165) is 0 Å². The number of carbonyl (C=O) groups is 2. The topological polar surface area (TPSA) is 70.5 Å². The van der Waals surface area contributed by atoms with E-state index in [2.05, 4.69) is 4.98 Å². The van der Waals surface area contributed by atoms with Gasteiger partial charge in [0.25, 0.3) is 0 Å². The number of hydrogen-bond acceptors (Lipinski definition) is 4. The molecule has 0 aromatic carbocycles. The van der Waals surface area contributed by atoms with E-state index in [-0.39, 0.29) is 17.7 Å². The molecule has 1 aromatic rings. The Bertz CT molecular complexity index is 452. The fourth-order valence-electron chi connectivity index (χ4n) is 1.96. The van der Waals surface area contributed by atoms with Crippen molar-refractivity contribution in [1.29, 1.82) is 0 Å². The standard InChI is InChI=1S/C12H14N2O3S/c1-8-14(10(7-18-8)12(16)17)11(15)6-9-4-2-3-5-13-9/h2-5,8,10H,6-7H2,1H3,(H,16,17). The van der Waals surface area contributed by atoms with Crippen LogP contribution in [0, 0.1) is 0 Å². The monoisotopic (exact) mass is 266 g/mol. The molecule has 1 amide bonds. The summed E-state index contributed by atoms with van der Waals surface area (Å²) in [5.41, 5.74) is 0.663. The minimum absolute atomic E-state index is 0.0951. The van der Waals surface area contributed by atoms with Crippen LogP contribution in [-0.2, 0) is 16.0 Å². The Morgan fingerprint density at radius 2 is 2.33 bits per heavy atom. The molecule has 2 unspecified atom stereocenters. The van der Waals surface area contributed by atoms with E-state index in [1.807, 2.05) is 13.0 Å². The normalized spacial score (nSPS) is 23.1. The molecule has 2 atom stereocenters. The Kier molecular flexibility index (Phi) is 3.86. The van der Waals surface area contributed by atoms with Crippen LogP contribution in [0.3, 0.4) is 0 Å². The van der Waals surface area contributed by atoms with Gasteiger partial charge in [-0.3, -0.25) is 9.78 Å². The smallest absolute Gasteiger partial charge is 0.327 e. The Hall–Kier alpha value is -1.56. The molecule has 0 aliphatic carbocycles. The predicted octanol–water partition coefficient (Wildman–Crippen LogP) is 0.999. The number of rotatable bonds is 3. The van der Waals surface area contributed by atoms with Crippen LogP contribution in [0.25, 0.3) is 0 Å². The highest BCUT2D eigenvalue weighted by Gasteiger charge is 2.39. The van der Waals surface area contributed by atoms with Gasteiger partial charge in [0.2, 0.25) is 5.91 Å². The van der Waals surface area contributed by atoms with Crippen molar-refractivity contribution in [3.05, 3.63) is 30.1 Å². The van der Waals surface area contributed by atoms with Gasteiger partial charge in [0.1, 0.15) is 6.04 Å². The molecule has 0 spiro atoms. The summed E-state index contributed by atoms with van der Waals surface area (Å²) in [6.07, 6.45) is 1.77. The highest BCUT2D eigenvalue weighted by molar-refractivity contribution is 8.00. The second-order valence-corrected chi connectivity index (χ2v) is 5.43. The maximum atomic E-state index is 12.1. The first-order valence-electron chi connectivity index (χ1n) is 5.65. The molecule has 1 aliphatic rings. The summed E-state index contributed by atoms with van der Waals surface area (Å²) in [6.45, 7) is 1.85. The van der Waals surface area contributed by atoms with E-state index < -0.39 is 12.0 Å². The fraction of sp³-hybridized carbons (Fsp3) is 0.417. The Morgan fingerprint density at radius 3 is 2.94 bits per heavy atom. The van der Waals surface area contributed by atoms with Gasteiger partial charge in [-0.15, -0.1) is 11.8 Å². The number of pyridine rings is 1. The van der Waals surface area contributed by atoms with Gasteiger partial charge in [-0.05, 0) is 19.1 Å². The summed E-state index contributed by atoms with van der Waals surface area (Å²) in [5, 5.41) is 9.00. The summed E-state index contributed by atoms with van der Waals surface area (Å²) in [4.78, 5) is 28.8. The molecule has 1 aliphatic heterocycles. The number of hydrogen-bond donors (Lipinski definition) is 1. The quantitative estimate of drug-likeness (QED) is 0.883. The SMILES string of the molecule is CC1SCC(C(=O)O)N1C(=O)Cc1ccccn1. The Morgan fingerprint density at radius 1 is 1.56 bits per heavy atom. The van der Waals surface area contributed by atoms with E-state index in [1.165, 1.54) is 16.7 Å². The molecule has 1 N–H and O–H groups in total. The molecule has 6 heteroatoms. The summed E-state index contributed by atoms with van der Waals surface area (Å²) >= 11 is 1.48. The molecule has 1 saturated heterocycles. The molecule has 18 heavy (non-hydrogen) atoms. The van der Waals surface area contributed by atoms with Crippen LogP contribution in [0.1, 0.15) is 12.6 Å². The number of nitrogens with zero attached hydrogens (tertiary/aromatic N) is 2. The molecule has 0 saturated carbocycles. The lowest BCUT2D eigenvalue weighted by molar-refractivity contribution is -0.148. The van der Waals surface area contributed by atoms with Gasteiger partial charge in [-0.2, -0.15) is 0 Å². The lowest BCUT2D eigenvalue weighted by Crippen LogP contribution is -2.45. The van der Waals surface area contributed by atoms with Gasteiger partial charge in [0.05, 0.1) is 11.8 Å². The van der Waals surface area contributed by atoms with Crippen molar-refractivity contribution in [2.75, 3.05) is 5.75 Å². The number of carboxylic acids is 1. The first-order chi connectivity index (χ1) is 8.59. The van der Waals surface area contributed by atoms with Crippen molar-refractivity contribution < 1.29 is 14.7 Å². The first-order valence-corrected chi connectivity index (χ1v) is 6.70. The van der Waals surface area contributed by atoms with Gasteiger partial charge in [-0.25, -0.2) is 4.79 Å². The number of aliphatic carboxylic acids is 1. The summed E-state index contributed by atoms with van der Waals surface area (Å²) in [6, 6.07) is 4.64. The molecule has 1 fully saturated rings. The fourth-order valence-corrected chi connectivity index (χ4v) is 3.15. The highest BCUT2D eigenvalue weighted by Crippen LogP contribution is 2.29. The van der Waals surface area contributed by atoms with Gasteiger partial charge in [0, 0.05) is 17.6 Å². The van der Waals surface area contributed by atoms with Crippen LogP contribution >= 0.6 is 11.8 Å². The first kappa shape index (κ1) is 12.9. The number of carboxylic acid groups (broad SMARTS) is 1. The van der Waals surface area contributed by atoms with E-state index in [0.29, 0.717) is 11.4 Å². The molecule has 0 bridgehead atoms. The van der Waals surface area contributed by atoms with Gasteiger partial charge >= 0.3 is 5.97 Å². The second-order valence-electron chi connectivity index (χ2n) is 4.09. The number of thioether (sulfide) groups is 1. The number of amides is 1. The van der Waals surface area contributed by atoms with Crippen LogP contribution < -0.4 is 0 Å². The van der Waals surface area contributed by atoms with Crippen molar-refractivity contribution in [2.45, 2.75) is 24.8 Å². The lowest BCUT2D eigenvalue weighted by atomic mass is 10.2. The van der Waals surface area contributed by atoms with E-state index >= 15 is 0 Å². The molecule has 2 heterocycles. The summed E-state index contributed by atoms with van der Waals surface area (Å²) in [5.74, 6) is -0.676. The third kappa shape index (κ3) is 2.64. The van der Waals surface area contributed by atoms with Crippen LogP contribution in [0.4, 0.5) is 0 Å². The van der Waals surface area contributed by atoms with E-state index in [9.17, 15) is 9.59 Å². The summed E-state index contributed by atoms with van der Waals surface area (Å²) in [7, 11) is 0. The van der Waals surface area contributed by atoms with Gasteiger partial charge < -0.3 is 10.0 Å². The third-order valence-corrected chi connectivity index (χ3v) is 4.07. The van der Waals surface area contributed by atoms with E-state index in [1.54, 1.807) is 18.3 Å². The zero-order valence-corrected chi connectivity index (χ0v) is 10.8. The molecule has 2 rings (SSSR count). The molecule has 5 nitrogen and oxygen atoms in total. The van der Waals surface area contributed by atoms with Gasteiger partial charge in [-0.1, -0.05) is 6.07 Å². The molecule has 0 radical (unpaired) electrons.